The normalized spacial score (nSPS) is 11.0. The molecule has 0 aliphatic rings. The number of hydrogen-bond donors (Lipinski definition) is 0. The van der Waals surface area contributed by atoms with Crippen molar-refractivity contribution in [1.82, 2.24) is 4.90 Å². The Balaban J connectivity index is 2.53. The molecule has 0 N–H and O–H groups in total. The van der Waals surface area contributed by atoms with Crippen molar-refractivity contribution in [1.29, 1.82) is 0 Å². The molecule has 0 aliphatic carbocycles. The van der Waals surface area contributed by atoms with Gasteiger partial charge in [-0.05, 0) is 63.7 Å². The molecule has 0 atom stereocenters. The van der Waals surface area contributed by atoms with Crippen LogP contribution in [0.2, 0.25) is 5.02 Å². The summed E-state index contributed by atoms with van der Waals surface area (Å²) in [5.74, 6) is 0.999. The topological polar surface area (TPSA) is 12.5 Å². The first-order valence-corrected chi connectivity index (χ1v) is 7.57. The number of unbranched alkanes of at least 4 members (excludes halogenated alkanes) is 2. The van der Waals surface area contributed by atoms with Crippen LogP contribution in [-0.4, -0.2) is 32.1 Å². The number of hydrogen-bond acceptors (Lipinski definition) is 2. The number of benzene rings is 1. The van der Waals surface area contributed by atoms with E-state index >= 15 is 0 Å². The first-order valence-electron chi connectivity index (χ1n) is 7.19. The van der Waals surface area contributed by atoms with Gasteiger partial charge in [-0.1, -0.05) is 31.4 Å². The second kappa shape index (κ2) is 9.22. The summed E-state index contributed by atoms with van der Waals surface area (Å²) in [6.45, 7) is 4.09. The Morgan fingerprint density at radius 1 is 1.16 bits per heavy atom. The van der Waals surface area contributed by atoms with Gasteiger partial charge in [0.25, 0.3) is 0 Å². The van der Waals surface area contributed by atoms with E-state index in [-0.39, 0.29) is 0 Å². The van der Waals surface area contributed by atoms with E-state index in [0.29, 0.717) is 0 Å². The average Bonchev–Trinajstić information content (AvgIpc) is 2.36. The molecule has 0 aromatic heterocycles. The van der Waals surface area contributed by atoms with Crippen molar-refractivity contribution in [2.45, 2.75) is 39.0 Å². The van der Waals surface area contributed by atoms with E-state index in [0.717, 1.165) is 43.2 Å². The lowest BCUT2D eigenvalue weighted by Crippen LogP contribution is -2.13. The van der Waals surface area contributed by atoms with Gasteiger partial charge in [-0.2, -0.15) is 0 Å². The zero-order valence-electron chi connectivity index (χ0n) is 12.4. The lowest BCUT2D eigenvalue weighted by Gasteiger charge is -2.13. The molecule has 2 nitrogen and oxygen atoms in total. The van der Waals surface area contributed by atoms with Crippen molar-refractivity contribution in [2.75, 3.05) is 27.2 Å². The molecule has 0 saturated heterocycles. The van der Waals surface area contributed by atoms with E-state index in [1.165, 1.54) is 18.4 Å². The van der Waals surface area contributed by atoms with Crippen molar-refractivity contribution < 1.29 is 4.74 Å². The van der Waals surface area contributed by atoms with Crippen molar-refractivity contribution >= 4 is 11.6 Å². The molecule has 0 heterocycles. The van der Waals surface area contributed by atoms with Gasteiger partial charge in [0.05, 0.1) is 6.61 Å². The Labute approximate surface area is 122 Å². The van der Waals surface area contributed by atoms with Gasteiger partial charge in [-0.3, -0.25) is 0 Å². The molecule has 0 unspecified atom stereocenters. The zero-order chi connectivity index (χ0) is 14.1. The van der Waals surface area contributed by atoms with E-state index in [4.69, 9.17) is 16.3 Å². The molecule has 1 aromatic rings. The van der Waals surface area contributed by atoms with Crippen LogP contribution in [0.25, 0.3) is 0 Å². The van der Waals surface area contributed by atoms with E-state index in [2.05, 4.69) is 25.9 Å². The molecule has 0 radical (unpaired) electrons. The summed E-state index contributed by atoms with van der Waals surface area (Å²) in [5.41, 5.74) is 1.23. The minimum absolute atomic E-state index is 0.792. The summed E-state index contributed by atoms with van der Waals surface area (Å²) in [6, 6.07) is 5.94. The zero-order valence-corrected chi connectivity index (χ0v) is 13.2. The highest BCUT2D eigenvalue weighted by Crippen LogP contribution is 2.24. The maximum absolute atomic E-state index is 6.08. The number of halogens is 1. The van der Waals surface area contributed by atoms with E-state index in [1.54, 1.807) is 0 Å². The van der Waals surface area contributed by atoms with Crippen molar-refractivity contribution in [2.24, 2.45) is 0 Å². The Kier molecular flexibility index (Phi) is 7.92. The van der Waals surface area contributed by atoms with Crippen LogP contribution in [-0.2, 0) is 6.42 Å². The van der Waals surface area contributed by atoms with Crippen LogP contribution in [0.3, 0.4) is 0 Å². The van der Waals surface area contributed by atoms with Crippen molar-refractivity contribution in [3.63, 3.8) is 0 Å². The van der Waals surface area contributed by atoms with Gasteiger partial charge >= 0.3 is 0 Å². The number of nitrogens with zero attached hydrogens (tertiary/aromatic N) is 1. The molecule has 0 fully saturated rings. The quantitative estimate of drug-likeness (QED) is 0.623. The van der Waals surface area contributed by atoms with Crippen LogP contribution in [0.1, 0.15) is 38.2 Å². The van der Waals surface area contributed by atoms with Gasteiger partial charge in [0, 0.05) is 5.02 Å². The fourth-order valence-corrected chi connectivity index (χ4v) is 2.20. The van der Waals surface area contributed by atoms with Gasteiger partial charge in [0.2, 0.25) is 0 Å². The third-order valence-corrected chi connectivity index (χ3v) is 3.31. The third kappa shape index (κ3) is 6.84. The summed E-state index contributed by atoms with van der Waals surface area (Å²) in [5, 5.41) is 0.792. The second-order valence-corrected chi connectivity index (χ2v) is 5.65. The van der Waals surface area contributed by atoms with Crippen LogP contribution < -0.4 is 4.74 Å². The molecule has 0 bridgehead atoms. The molecular weight excluding hydrogens is 258 g/mol. The molecule has 1 rings (SSSR count). The molecule has 19 heavy (non-hydrogen) atoms. The Bertz CT molecular complexity index is 366. The molecule has 0 saturated carbocycles. The van der Waals surface area contributed by atoms with Crippen molar-refractivity contribution in [3.05, 3.63) is 28.8 Å². The first kappa shape index (κ1) is 16.3. The SMILES string of the molecule is CCCCCOc1ccc(Cl)cc1CCCN(C)C. The largest absolute Gasteiger partial charge is 0.493 e. The van der Waals surface area contributed by atoms with Gasteiger partial charge in [0.15, 0.2) is 0 Å². The van der Waals surface area contributed by atoms with E-state index in [9.17, 15) is 0 Å². The monoisotopic (exact) mass is 283 g/mol. The standard InChI is InChI=1S/C16H26ClNO/c1-4-5-6-12-19-16-10-9-15(17)13-14(16)8-7-11-18(2)3/h9-10,13H,4-8,11-12H2,1-3H3. The van der Waals surface area contributed by atoms with Gasteiger partial charge in [-0.25, -0.2) is 0 Å². The molecule has 0 aliphatic heterocycles. The highest BCUT2D eigenvalue weighted by atomic mass is 35.5. The van der Waals surface area contributed by atoms with E-state index < -0.39 is 0 Å². The number of aryl methyl sites for hydroxylation is 1. The average molecular weight is 284 g/mol. The summed E-state index contributed by atoms with van der Waals surface area (Å²) in [7, 11) is 4.19. The predicted octanol–water partition coefficient (Wildman–Crippen LogP) is 4.40. The van der Waals surface area contributed by atoms with Gasteiger partial charge in [-0.15, -0.1) is 0 Å². The number of ether oxygens (including phenoxy) is 1. The Morgan fingerprint density at radius 2 is 1.95 bits per heavy atom. The molecule has 0 amide bonds. The third-order valence-electron chi connectivity index (χ3n) is 3.08. The van der Waals surface area contributed by atoms with Crippen LogP contribution in [0.5, 0.6) is 5.75 Å². The van der Waals surface area contributed by atoms with Crippen LogP contribution in [0.15, 0.2) is 18.2 Å². The first-order chi connectivity index (χ1) is 9.13. The minimum atomic E-state index is 0.792. The van der Waals surface area contributed by atoms with Crippen LogP contribution in [0.4, 0.5) is 0 Å². The van der Waals surface area contributed by atoms with Crippen LogP contribution >= 0.6 is 11.6 Å². The molecule has 0 spiro atoms. The summed E-state index contributed by atoms with van der Waals surface area (Å²) >= 11 is 6.08. The maximum Gasteiger partial charge on any atom is 0.122 e. The van der Waals surface area contributed by atoms with Crippen LogP contribution in [0, 0.1) is 0 Å². The van der Waals surface area contributed by atoms with Gasteiger partial charge < -0.3 is 9.64 Å². The number of rotatable bonds is 9. The molecule has 3 heteroatoms. The van der Waals surface area contributed by atoms with Gasteiger partial charge in [0.1, 0.15) is 5.75 Å². The Hall–Kier alpha value is -0.730. The molecule has 1 aromatic carbocycles. The smallest absolute Gasteiger partial charge is 0.122 e. The summed E-state index contributed by atoms with van der Waals surface area (Å²) < 4.78 is 5.88. The lowest BCUT2D eigenvalue weighted by molar-refractivity contribution is 0.302. The maximum atomic E-state index is 6.08. The van der Waals surface area contributed by atoms with E-state index in [1.807, 2.05) is 18.2 Å². The highest BCUT2D eigenvalue weighted by molar-refractivity contribution is 6.30. The fourth-order valence-electron chi connectivity index (χ4n) is 2.00. The Morgan fingerprint density at radius 3 is 2.63 bits per heavy atom. The predicted molar refractivity (Wildman–Crippen MR) is 83.3 cm³/mol. The minimum Gasteiger partial charge on any atom is -0.493 e. The lowest BCUT2D eigenvalue weighted by atomic mass is 10.1. The highest BCUT2D eigenvalue weighted by Gasteiger charge is 2.05. The molecular formula is C16H26ClNO. The summed E-state index contributed by atoms with van der Waals surface area (Å²) in [4.78, 5) is 2.20. The fraction of sp³-hybridized carbons (Fsp3) is 0.625. The second-order valence-electron chi connectivity index (χ2n) is 5.21. The summed E-state index contributed by atoms with van der Waals surface area (Å²) in [6.07, 6.45) is 5.71. The molecule has 108 valence electrons. The van der Waals surface area contributed by atoms with Crippen molar-refractivity contribution in [3.8, 4) is 5.75 Å².